The molecular formula is C17H20N4O. The van der Waals surface area contributed by atoms with Crippen LogP contribution in [0, 0.1) is 0 Å². The second kappa shape index (κ2) is 5.23. The van der Waals surface area contributed by atoms with Crippen LogP contribution in [-0.2, 0) is 7.05 Å². The van der Waals surface area contributed by atoms with Gasteiger partial charge in [-0.1, -0.05) is 0 Å². The summed E-state index contributed by atoms with van der Waals surface area (Å²) in [5.41, 5.74) is 2.05. The zero-order chi connectivity index (χ0) is 15.1. The first kappa shape index (κ1) is 13.5. The Bertz CT molecular complexity index is 667. The molecule has 2 aromatic rings. The van der Waals surface area contributed by atoms with Gasteiger partial charge in [-0.15, -0.1) is 0 Å². The smallest absolute Gasteiger partial charge is 0.254 e. The van der Waals surface area contributed by atoms with Gasteiger partial charge < -0.3 is 4.90 Å². The average molecular weight is 296 g/mol. The van der Waals surface area contributed by atoms with Gasteiger partial charge in [0.2, 0.25) is 0 Å². The Morgan fingerprint density at radius 2 is 1.77 bits per heavy atom. The molecule has 2 saturated heterocycles. The van der Waals surface area contributed by atoms with Crippen LogP contribution < -0.4 is 0 Å². The molecule has 22 heavy (non-hydrogen) atoms. The van der Waals surface area contributed by atoms with Crippen molar-refractivity contribution in [2.24, 2.45) is 7.05 Å². The van der Waals surface area contributed by atoms with Gasteiger partial charge in [0, 0.05) is 54.9 Å². The van der Waals surface area contributed by atoms with E-state index >= 15 is 0 Å². The zero-order valence-electron chi connectivity index (χ0n) is 12.7. The number of carbonyl (C=O) groups excluding carboxylic acids is 1. The van der Waals surface area contributed by atoms with E-state index < -0.39 is 0 Å². The van der Waals surface area contributed by atoms with E-state index in [4.69, 9.17) is 0 Å². The standard InChI is InChI=1S/C17H20N4O/c1-20-16(6-9-19-20)13-10-14-2-3-15(11-13)21(14)17(22)12-4-7-18-8-5-12/h4-9,13-15H,2-3,10-11H2,1H3. The summed E-state index contributed by atoms with van der Waals surface area (Å²) in [5, 5.41) is 4.29. The summed E-state index contributed by atoms with van der Waals surface area (Å²) >= 11 is 0. The summed E-state index contributed by atoms with van der Waals surface area (Å²) < 4.78 is 1.98. The third kappa shape index (κ3) is 2.12. The summed E-state index contributed by atoms with van der Waals surface area (Å²) in [7, 11) is 2.01. The first-order chi connectivity index (χ1) is 10.7. The Balaban J connectivity index is 1.57. The highest BCUT2D eigenvalue weighted by Gasteiger charge is 2.44. The SMILES string of the molecule is Cn1nccc1C1CC2CCC(C1)N2C(=O)c1ccncc1. The summed E-state index contributed by atoms with van der Waals surface area (Å²) in [5.74, 6) is 0.685. The molecule has 0 saturated carbocycles. The van der Waals surface area contributed by atoms with Crippen LogP contribution in [0.3, 0.4) is 0 Å². The Hall–Kier alpha value is -2.17. The van der Waals surface area contributed by atoms with Crippen LogP contribution in [0.1, 0.15) is 47.7 Å². The quantitative estimate of drug-likeness (QED) is 0.855. The van der Waals surface area contributed by atoms with Crippen molar-refractivity contribution in [3.63, 3.8) is 0 Å². The van der Waals surface area contributed by atoms with Gasteiger partial charge in [0.25, 0.3) is 5.91 Å². The van der Waals surface area contributed by atoms with Gasteiger partial charge in [-0.2, -0.15) is 5.10 Å². The van der Waals surface area contributed by atoms with Gasteiger partial charge in [-0.05, 0) is 43.9 Å². The molecule has 0 aromatic carbocycles. The minimum atomic E-state index is 0.165. The number of aryl methyl sites for hydroxylation is 1. The van der Waals surface area contributed by atoms with Gasteiger partial charge >= 0.3 is 0 Å². The molecule has 2 fully saturated rings. The molecule has 0 spiro atoms. The van der Waals surface area contributed by atoms with E-state index in [1.807, 2.05) is 30.1 Å². The predicted molar refractivity (Wildman–Crippen MR) is 82.4 cm³/mol. The molecule has 5 heteroatoms. The molecular weight excluding hydrogens is 276 g/mol. The number of pyridine rings is 1. The summed E-state index contributed by atoms with van der Waals surface area (Å²) in [6, 6.07) is 6.47. The lowest BCUT2D eigenvalue weighted by molar-refractivity contribution is 0.0568. The van der Waals surface area contributed by atoms with E-state index in [9.17, 15) is 4.79 Å². The normalized spacial score (nSPS) is 27.1. The molecule has 4 rings (SSSR count). The number of hydrogen-bond acceptors (Lipinski definition) is 3. The van der Waals surface area contributed by atoms with Gasteiger partial charge in [-0.25, -0.2) is 0 Å². The molecule has 114 valence electrons. The number of rotatable bonds is 2. The maximum Gasteiger partial charge on any atom is 0.254 e. The molecule has 2 aromatic heterocycles. The lowest BCUT2D eigenvalue weighted by atomic mass is 9.87. The number of fused-ring (bicyclic) bond motifs is 2. The third-order valence-corrected chi connectivity index (χ3v) is 5.17. The fourth-order valence-corrected chi connectivity index (χ4v) is 4.18. The Morgan fingerprint density at radius 1 is 1.09 bits per heavy atom. The van der Waals surface area contributed by atoms with Crippen LogP contribution in [0.2, 0.25) is 0 Å². The van der Waals surface area contributed by atoms with Crippen molar-refractivity contribution in [2.75, 3.05) is 0 Å². The van der Waals surface area contributed by atoms with Crippen molar-refractivity contribution in [1.82, 2.24) is 19.7 Å². The van der Waals surface area contributed by atoms with Crippen LogP contribution in [0.4, 0.5) is 0 Å². The van der Waals surface area contributed by atoms with Gasteiger partial charge in [0.1, 0.15) is 0 Å². The van der Waals surface area contributed by atoms with E-state index in [0.29, 0.717) is 18.0 Å². The zero-order valence-corrected chi connectivity index (χ0v) is 12.7. The maximum atomic E-state index is 12.8. The van der Waals surface area contributed by atoms with Crippen molar-refractivity contribution < 1.29 is 4.79 Å². The van der Waals surface area contributed by atoms with E-state index in [0.717, 1.165) is 31.2 Å². The van der Waals surface area contributed by atoms with Gasteiger partial charge in [0.15, 0.2) is 0 Å². The number of nitrogens with zero attached hydrogens (tertiary/aromatic N) is 4. The molecule has 2 unspecified atom stereocenters. The molecule has 2 aliphatic heterocycles. The molecule has 2 atom stereocenters. The molecule has 4 heterocycles. The summed E-state index contributed by atoms with van der Waals surface area (Å²) in [4.78, 5) is 18.9. The molecule has 0 aliphatic carbocycles. The van der Waals surface area contributed by atoms with Crippen LogP contribution in [-0.4, -0.2) is 37.7 Å². The first-order valence-corrected chi connectivity index (χ1v) is 7.94. The Morgan fingerprint density at radius 3 is 2.36 bits per heavy atom. The average Bonchev–Trinajstić information content (AvgIpc) is 3.08. The molecule has 2 bridgehead atoms. The van der Waals surface area contributed by atoms with Gasteiger partial charge in [-0.3, -0.25) is 14.5 Å². The first-order valence-electron chi connectivity index (χ1n) is 7.94. The maximum absolute atomic E-state index is 12.8. The lowest BCUT2D eigenvalue weighted by Gasteiger charge is -2.39. The van der Waals surface area contributed by atoms with Crippen LogP contribution in [0.25, 0.3) is 0 Å². The topological polar surface area (TPSA) is 51.0 Å². The second-order valence-electron chi connectivity index (χ2n) is 6.38. The van der Waals surface area contributed by atoms with Crippen LogP contribution in [0.15, 0.2) is 36.8 Å². The molecule has 0 radical (unpaired) electrons. The highest BCUT2D eigenvalue weighted by atomic mass is 16.2. The molecule has 5 nitrogen and oxygen atoms in total. The number of aromatic nitrogens is 3. The summed E-state index contributed by atoms with van der Waals surface area (Å²) in [6.45, 7) is 0. The number of carbonyl (C=O) groups is 1. The predicted octanol–water partition coefficient (Wildman–Crippen LogP) is 2.37. The van der Waals surface area contributed by atoms with Crippen molar-refractivity contribution in [3.05, 3.63) is 48.0 Å². The fraction of sp³-hybridized carbons (Fsp3) is 0.471. The summed E-state index contributed by atoms with van der Waals surface area (Å²) in [6.07, 6.45) is 9.59. The molecule has 1 amide bonds. The van der Waals surface area contributed by atoms with Crippen molar-refractivity contribution in [3.8, 4) is 0 Å². The highest BCUT2D eigenvalue weighted by molar-refractivity contribution is 5.94. The van der Waals surface area contributed by atoms with Crippen LogP contribution in [0.5, 0.6) is 0 Å². The lowest BCUT2D eigenvalue weighted by Crippen LogP contribution is -2.46. The van der Waals surface area contributed by atoms with Crippen LogP contribution >= 0.6 is 0 Å². The van der Waals surface area contributed by atoms with Crippen molar-refractivity contribution in [2.45, 2.75) is 43.7 Å². The number of hydrogen-bond donors (Lipinski definition) is 0. The second-order valence-corrected chi connectivity index (χ2v) is 6.38. The minimum Gasteiger partial charge on any atom is -0.333 e. The van der Waals surface area contributed by atoms with E-state index in [-0.39, 0.29) is 5.91 Å². The Kier molecular flexibility index (Phi) is 3.21. The number of amides is 1. The van der Waals surface area contributed by atoms with E-state index in [1.165, 1.54) is 5.69 Å². The third-order valence-electron chi connectivity index (χ3n) is 5.17. The Labute approximate surface area is 130 Å². The molecule has 2 aliphatic rings. The van der Waals surface area contributed by atoms with Crippen molar-refractivity contribution >= 4 is 5.91 Å². The largest absolute Gasteiger partial charge is 0.333 e. The minimum absolute atomic E-state index is 0.165. The molecule has 0 N–H and O–H groups in total. The fourth-order valence-electron chi connectivity index (χ4n) is 4.18. The van der Waals surface area contributed by atoms with E-state index in [2.05, 4.69) is 21.0 Å². The van der Waals surface area contributed by atoms with Crippen molar-refractivity contribution in [1.29, 1.82) is 0 Å². The van der Waals surface area contributed by atoms with E-state index in [1.54, 1.807) is 12.4 Å². The number of piperidine rings is 1. The highest BCUT2D eigenvalue weighted by Crippen LogP contribution is 2.43. The van der Waals surface area contributed by atoms with Gasteiger partial charge in [0.05, 0.1) is 0 Å². The monoisotopic (exact) mass is 296 g/mol.